The van der Waals surface area contributed by atoms with Crippen molar-refractivity contribution in [1.82, 2.24) is 9.55 Å². The lowest BCUT2D eigenvalue weighted by Crippen LogP contribution is -2.24. The van der Waals surface area contributed by atoms with Crippen molar-refractivity contribution in [3.63, 3.8) is 0 Å². The van der Waals surface area contributed by atoms with Crippen LogP contribution in [-0.4, -0.2) is 15.3 Å². The summed E-state index contributed by atoms with van der Waals surface area (Å²) in [5.74, 6) is 1.40. The molecule has 0 saturated heterocycles. The van der Waals surface area contributed by atoms with E-state index in [1.807, 2.05) is 6.07 Å². The van der Waals surface area contributed by atoms with Gasteiger partial charge < -0.3 is 4.42 Å². The van der Waals surface area contributed by atoms with Crippen molar-refractivity contribution in [3.8, 4) is 6.07 Å². The predicted octanol–water partition coefficient (Wildman–Crippen LogP) is 4.09. The summed E-state index contributed by atoms with van der Waals surface area (Å²) in [6.07, 6.45) is 2.80. The second-order valence-electron chi connectivity index (χ2n) is 5.14. The molecule has 3 aromatic rings. The standard InChI is InChI=1S/C17H14ClN3O2S/c18-12-5-6-14-15(10-12)20-17(24-9-2-1-7-19)21(16(14)22)11-13-4-3-8-23-13/h3-6,8,10H,1-2,9,11H2. The number of fused-ring (bicyclic) bond motifs is 1. The Morgan fingerprint density at radius 3 is 3.00 bits per heavy atom. The summed E-state index contributed by atoms with van der Waals surface area (Å²) in [6, 6.07) is 10.8. The smallest absolute Gasteiger partial charge is 0.262 e. The summed E-state index contributed by atoms with van der Waals surface area (Å²) in [7, 11) is 0. The highest BCUT2D eigenvalue weighted by molar-refractivity contribution is 7.99. The van der Waals surface area contributed by atoms with Crippen LogP contribution in [0.3, 0.4) is 0 Å². The molecule has 1 aromatic carbocycles. The first-order chi connectivity index (χ1) is 11.7. The second-order valence-corrected chi connectivity index (χ2v) is 6.64. The molecule has 0 aliphatic carbocycles. The molecule has 5 nitrogen and oxygen atoms in total. The van der Waals surface area contributed by atoms with E-state index < -0.39 is 0 Å². The van der Waals surface area contributed by atoms with E-state index in [1.54, 1.807) is 35.1 Å². The summed E-state index contributed by atoms with van der Waals surface area (Å²) in [5, 5.41) is 10.3. The number of benzene rings is 1. The number of hydrogen-bond donors (Lipinski definition) is 0. The van der Waals surface area contributed by atoms with Gasteiger partial charge in [0.2, 0.25) is 0 Å². The maximum Gasteiger partial charge on any atom is 0.262 e. The third-order valence-electron chi connectivity index (χ3n) is 3.44. The Morgan fingerprint density at radius 2 is 2.25 bits per heavy atom. The minimum Gasteiger partial charge on any atom is -0.467 e. The summed E-state index contributed by atoms with van der Waals surface area (Å²) in [6.45, 7) is 0.317. The molecule has 0 aliphatic heterocycles. The van der Waals surface area contributed by atoms with Crippen molar-refractivity contribution in [2.75, 3.05) is 5.75 Å². The molecule has 0 aliphatic rings. The van der Waals surface area contributed by atoms with E-state index in [9.17, 15) is 4.79 Å². The van der Waals surface area contributed by atoms with Crippen molar-refractivity contribution in [1.29, 1.82) is 5.26 Å². The minimum atomic E-state index is -0.129. The van der Waals surface area contributed by atoms with Crippen molar-refractivity contribution in [2.45, 2.75) is 24.5 Å². The zero-order valence-electron chi connectivity index (χ0n) is 12.7. The number of thioether (sulfide) groups is 1. The SMILES string of the molecule is N#CCCCSc1nc2cc(Cl)ccc2c(=O)n1Cc1ccco1. The van der Waals surface area contributed by atoms with Crippen molar-refractivity contribution >= 4 is 34.3 Å². The first-order valence-electron chi connectivity index (χ1n) is 7.41. The van der Waals surface area contributed by atoms with Gasteiger partial charge in [-0.15, -0.1) is 0 Å². The predicted molar refractivity (Wildman–Crippen MR) is 94.4 cm³/mol. The zero-order valence-corrected chi connectivity index (χ0v) is 14.3. The van der Waals surface area contributed by atoms with E-state index in [0.29, 0.717) is 45.6 Å². The first-order valence-corrected chi connectivity index (χ1v) is 8.77. The fraction of sp³-hybridized carbons (Fsp3) is 0.235. The van der Waals surface area contributed by atoms with Gasteiger partial charge in [-0.25, -0.2) is 4.98 Å². The maximum atomic E-state index is 12.8. The van der Waals surface area contributed by atoms with Crippen LogP contribution in [0.15, 0.2) is 51.0 Å². The molecule has 0 N–H and O–H groups in total. The van der Waals surface area contributed by atoms with Gasteiger partial charge in [-0.3, -0.25) is 9.36 Å². The van der Waals surface area contributed by atoms with Crippen LogP contribution in [0.1, 0.15) is 18.6 Å². The van der Waals surface area contributed by atoms with Gasteiger partial charge in [-0.2, -0.15) is 5.26 Å². The van der Waals surface area contributed by atoms with Crippen LogP contribution in [0.25, 0.3) is 10.9 Å². The fourth-order valence-corrected chi connectivity index (χ4v) is 3.40. The summed E-state index contributed by atoms with van der Waals surface area (Å²) < 4.78 is 6.96. The fourth-order valence-electron chi connectivity index (χ4n) is 2.30. The molecule has 7 heteroatoms. The largest absolute Gasteiger partial charge is 0.467 e. The summed E-state index contributed by atoms with van der Waals surface area (Å²) >= 11 is 7.48. The average Bonchev–Trinajstić information content (AvgIpc) is 3.08. The molecule has 0 bridgehead atoms. The highest BCUT2D eigenvalue weighted by Crippen LogP contribution is 2.22. The molecule has 0 spiro atoms. The molecule has 0 unspecified atom stereocenters. The number of furan rings is 1. The van der Waals surface area contributed by atoms with Gasteiger partial charge in [0, 0.05) is 17.2 Å². The van der Waals surface area contributed by atoms with Gasteiger partial charge in [-0.1, -0.05) is 23.4 Å². The number of aromatic nitrogens is 2. The van der Waals surface area contributed by atoms with Gasteiger partial charge in [-0.05, 0) is 36.8 Å². The highest BCUT2D eigenvalue weighted by Gasteiger charge is 2.13. The topological polar surface area (TPSA) is 71.8 Å². The van der Waals surface area contributed by atoms with Gasteiger partial charge in [0.1, 0.15) is 5.76 Å². The Kier molecular flexibility index (Phi) is 5.24. The van der Waals surface area contributed by atoms with E-state index in [-0.39, 0.29) is 5.56 Å². The molecule has 0 radical (unpaired) electrons. The number of halogens is 1. The Morgan fingerprint density at radius 1 is 1.38 bits per heavy atom. The third kappa shape index (κ3) is 3.64. The molecule has 2 aromatic heterocycles. The molecule has 122 valence electrons. The van der Waals surface area contributed by atoms with Crippen molar-refractivity contribution in [2.24, 2.45) is 0 Å². The maximum absolute atomic E-state index is 12.8. The van der Waals surface area contributed by atoms with Crippen LogP contribution in [0.5, 0.6) is 0 Å². The zero-order chi connectivity index (χ0) is 16.9. The molecule has 2 heterocycles. The second kappa shape index (κ2) is 7.56. The van der Waals surface area contributed by atoms with Crippen LogP contribution in [0, 0.1) is 11.3 Å². The molecule has 0 saturated carbocycles. The van der Waals surface area contributed by atoms with Crippen LogP contribution < -0.4 is 5.56 Å². The van der Waals surface area contributed by atoms with Crippen LogP contribution in [0.2, 0.25) is 5.02 Å². The molecule has 0 fully saturated rings. The number of nitriles is 1. The van der Waals surface area contributed by atoms with Crippen LogP contribution >= 0.6 is 23.4 Å². The van der Waals surface area contributed by atoms with E-state index >= 15 is 0 Å². The first kappa shape index (κ1) is 16.6. The van der Waals surface area contributed by atoms with Gasteiger partial charge in [0.15, 0.2) is 5.16 Å². The van der Waals surface area contributed by atoms with Gasteiger partial charge in [0.05, 0.1) is 29.8 Å². The lowest BCUT2D eigenvalue weighted by Gasteiger charge is -2.12. The number of rotatable bonds is 6. The Balaban J connectivity index is 2.03. The number of hydrogen-bond acceptors (Lipinski definition) is 5. The lowest BCUT2D eigenvalue weighted by atomic mass is 10.2. The summed E-state index contributed by atoms with van der Waals surface area (Å²) in [4.78, 5) is 17.4. The molecule has 0 amide bonds. The monoisotopic (exact) mass is 359 g/mol. The number of unbranched alkanes of at least 4 members (excludes halogenated alkanes) is 1. The van der Waals surface area contributed by atoms with E-state index in [0.717, 1.165) is 6.42 Å². The van der Waals surface area contributed by atoms with E-state index in [4.69, 9.17) is 21.3 Å². The van der Waals surface area contributed by atoms with Crippen molar-refractivity contribution in [3.05, 3.63) is 57.7 Å². The van der Waals surface area contributed by atoms with Crippen LogP contribution in [-0.2, 0) is 6.54 Å². The quantitative estimate of drug-likeness (QED) is 0.376. The van der Waals surface area contributed by atoms with Crippen molar-refractivity contribution < 1.29 is 4.42 Å². The Hall–Kier alpha value is -2.23. The normalized spacial score (nSPS) is 10.8. The van der Waals surface area contributed by atoms with E-state index in [1.165, 1.54) is 11.8 Å². The Labute approximate surface area is 147 Å². The molecule has 3 rings (SSSR count). The molecule has 24 heavy (non-hydrogen) atoms. The molecule has 0 atom stereocenters. The van der Waals surface area contributed by atoms with Gasteiger partial charge >= 0.3 is 0 Å². The van der Waals surface area contributed by atoms with Crippen LogP contribution in [0.4, 0.5) is 0 Å². The van der Waals surface area contributed by atoms with E-state index in [2.05, 4.69) is 11.1 Å². The number of nitrogens with zero attached hydrogens (tertiary/aromatic N) is 3. The molecular formula is C17H14ClN3O2S. The Bertz CT molecular complexity index is 945. The third-order valence-corrected chi connectivity index (χ3v) is 4.74. The molecular weight excluding hydrogens is 346 g/mol. The lowest BCUT2D eigenvalue weighted by molar-refractivity contribution is 0.476. The average molecular weight is 360 g/mol. The van der Waals surface area contributed by atoms with Gasteiger partial charge in [0.25, 0.3) is 5.56 Å². The highest BCUT2D eigenvalue weighted by atomic mass is 35.5. The minimum absolute atomic E-state index is 0.129. The summed E-state index contributed by atoms with van der Waals surface area (Å²) in [5.41, 5.74) is 0.446.